The third kappa shape index (κ3) is 4.14. The van der Waals surface area contributed by atoms with E-state index in [4.69, 9.17) is 5.73 Å². The SMILES string of the molecule is C[C@H](NC(=O)NC(=O)CSc1nnc(N)s1)[C@H]1C[C@H]2CC[C@H]1C2. The van der Waals surface area contributed by atoms with E-state index in [1.807, 2.05) is 6.92 Å². The molecule has 2 fully saturated rings. The summed E-state index contributed by atoms with van der Waals surface area (Å²) in [5.74, 6) is 1.90. The van der Waals surface area contributed by atoms with E-state index in [9.17, 15) is 9.59 Å². The van der Waals surface area contributed by atoms with Crippen molar-refractivity contribution in [2.45, 2.75) is 43.0 Å². The Hall–Kier alpha value is -1.35. The Bertz CT molecular complexity index is 593. The molecule has 2 bridgehead atoms. The Labute approximate surface area is 143 Å². The number of imide groups is 1. The third-order valence-corrected chi connectivity index (χ3v) is 6.68. The zero-order valence-electron chi connectivity index (χ0n) is 12.9. The maximum atomic E-state index is 11.9. The molecule has 2 saturated carbocycles. The smallest absolute Gasteiger partial charge is 0.321 e. The molecule has 1 aromatic rings. The van der Waals surface area contributed by atoms with Gasteiger partial charge in [0.1, 0.15) is 0 Å². The van der Waals surface area contributed by atoms with Crippen LogP contribution in [0.5, 0.6) is 0 Å². The molecular weight excluding hydrogens is 334 g/mol. The van der Waals surface area contributed by atoms with E-state index in [0.29, 0.717) is 15.4 Å². The van der Waals surface area contributed by atoms with Gasteiger partial charge in [0.05, 0.1) is 5.75 Å². The second-order valence-electron chi connectivity index (χ2n) is 6.34. The summed E-state index contributed by atoms with van der Waals surface area (Å²) in [4.78, 5) is 23.7. The Balaban J connectivity index is 1.39. The van der Waals surface area contributed by atoms with Crippen molar-refractivity contribution in [1.29, 1.82) is 0 Å². The number of thioether (sulfide) groups is 1. The van der Waals surface area contributed by atoms with E-state index in [-0.39, 0.29) is 17.7 Å². The van der Waals surface area contributed by atoms with Gasteiger partial charge >= 0.3 is 6.03 Å². The van der Waals surface area contributed by atoms with E-state index < -0.39 is 6.03 Å². The predicted octanol–water partition coefficient (Wildman–Crippen LogP) is 1.86. The number of carbonyl (C=O) groups is 2. The molecule has 126 valence electrons. The Morgan fingerprint density at radius 1 is 1.39 bits per heavy atom. The number of fused-ring (bicyclic) bond motifs is 2. The van der Waals surface area contributed by atoms with Gasteiger partial charge < -0.3 is 11.1 Å². The van der Waals surface area contributed by atoms with Crippen LogP contribution in [0.25, 0.3) is 0 Å². The number of rotatable bonds is 5. The number of aromatic nitrogens is 2. The summed E-state index contributed by atoms with van der Waals surface area (Å²) in [6.07, 6.45) is 5.13. The first-order valence-corrected chi connectivity index (χ1v) is 9.63. The molecule has 4 atom stereocenters. The molecule has 3 rings (SSSR count). The minimum Gasteiger partial charge on any atom is -0.374 e. The Morgan fingerprint density at radius 3 is 2.83 bits per heavy atom. The van der Waals surface area contributed by atoms with Gasteiger partial charge in [0.2, 0.25) is 11.0 Å². The van der Waals surface area contributed by atoms with Crippen molar-refractivity contribution in [3.8, 4) is 0 Å². The number of amides is 3. The topological polar surface area (TPSA) is 110 Å². The molecule has 9 heteroatoms. The fourth-order valence-corrected chi connectivity index (χ4v) is 5.26. The zero-order valence-corrected chi connectivity index (χ0v) is 14.6. The molecule has 7 nitrogen and oxygen atoms in total. The fraction of sp³-hybridized carbons (Fsp3) is 0.714. The van der Waals surface area contributed by atoms with Gasteiger partial charge in [0.25, 0.3) is 0 Å². The molecule has 1 heterocycles. The highest BCUT2D eigenvalue weighted by Gasteiger charge is 2.42. The monoisotopic (exact) mass is 355 g/mol. The van der Waals surface area contributed by atoms with E-state index in [0.717, 1.165) is 11.8 Å². The predicted molar refractivity (Wildman–Crippen MR) is 90.1 cm³/mol. The van der Waals surface area contributed by atoms with Crippen molar-refractivity contribution in [3.63, 3.8) is 0 Å². The summed E-state index contributed by atoms with van der Waals surface area (Å²) in [6, 6.07) is -0.309. The fourth-order valence-electron chi connectivity index (χ4n) is 3.82. The van der Waals surface area contributed by atoms with E-state index >= 15 is 0 Å². The number of nitrogens with two attached hydrogens (primary N) is 1. The van der Waals surface area contributed by atoms with Gasteiger partial charge in [-0.05, 0) is 43.9 Å². The molecule has 4 N–H and O–H groups in total. The first-order chi connectivity index (χ1) is 11.0. The molecule has 0 aromatic carbocycles. The van der Waals surface area contributed by atoms with Crippen LogP contribution in [0.4, 0.5) is 9.93 Å². The molecule has 2 aliphatic rings. The second kappa shape index (κ2) is 7.04. The van der Waals surface area contributed by atoms with Crippen molar-refractivity contribution < 1.29 is 9.59 Å². The van der Waals surface area contributed by atoms with Gasteiger partial charge in [0.15, 0.2) is 4.34 Å². The van der Waals surface area contributed by atoms with Crippen LogP contribution >= 0.6 is 23.1 Å². The average Bonchev–Trinajstić information content (AvgIpc) is 3.21. The van der Waals surface area contributed by atoms with Gasteiger partial charge in [-0.15, -0.1) is 10.2 Å². The number of nitrogen functional groups attached to an aromatic ring is 1. The molecule has 2 aliphatic carbocycles. The number of urea groups is 1. The van der Waals surface area contributed by atoms with Gasteiger partial charge in [-0.3, -0.25) is 10.1 Å². The van der Waals surface area contributed by atoms with Gasteiger partial charge in [-0.1, -0.05) is 29.5 Å². The number of nitrogens with one attached hydrogen (secondary N) is 2. The van der Waals surface area contributed by atoms with E-state index in [1.165, 1.54) is 48.8 Å². The number of hydrogen-bond donors (Lipinski definition) is 3. The highest BCUT2D eigenvalue weighted by Crippen LogP contribution is 2.49. The number of anilines is 1. The largest absolute Gasteiger partial charge is 0.374 e. The first-order valence-electron chi connectivity index (χ1n) is 7.83. The minimum absolute atomic E-state index is 0.105. The van der Waals surface area contributed by atoms with Gasteiger partial charge in [0, 0.05) is 6.04 Å². The average molecular weight is 355 g/mol. The molecule has 3 amide bonds. The number of nitrogens with zero attached hydrogens (tertiary/aromatic N) is 2. The Kier molecular flexibility index (Phi) is 5.05. The van der Waals surface area contributed by atoms with Crippen LogP contribution < -0.4 is 16.4 Å². The third-order valence-electron chi connectivity index (χ3n) is 4.80. The van der Waals surface area contributed by atoms with Crippen LogP contribution in [0.15, 0.2) is 4.34 Å². The maximum Gasteiger partial charge on any atom is 0.321 e. The van der Waals surface area contributed by atoms with Crippen molar-refractivity contribution >= 4 is 40.2 Å². The highest BCUT2D eigenvalue weighted by atomic mass is 32.2. The lowest BCUT2D eigenvalue weighted by Crippen LogP contribution is -2.47. The summed E-state index contributed by atoms with van der Waals surface area (Å²) in [5.41, 5.74) is 5.47. The number of hydrogen-bond acceptors (Lipinski definition) is 7. The maximum absolute atomic E-state index is 11.9. The van der Waals surface area contributed by atoms with Gasteiger partial charge in [-0.25, -0.2) is 4.79 Å². The van der Waals surface area contributed by atoms with Crippen molar-refractivity contribution in [2.24, 2.45) is 17.8 Å². The molecule has 0 saturated heterocycles. The Morgan fingerprint density at radius 2 is 2.22 bits per heavy atom. The molecular formula is C14H21N5O2S2. The lowest BCUT2D eigenvalue weighted by atomic mass is 9.84. The lowest BCUT2D eigenvalue weighted by molar-refractivity contribution is -0.117. The van der Waals surface area contributed by atoms with Crippen LogP contribution in [-0.4, -0.2) is 33.9 Å². The summed E-state index contributed by atoms with van der Waals surface area (Å²) in [6.45, 7) is 2.04. The van der Waals surface area contributed by atoms with Gasteiger partial charge in [-0.2, -0.15) is 0 Å². The molecule has 0 spiro atoms. The molecule has 23 heavy (non-hydrogen) atoms. The summed E-state index contributed by atoms with van der Waals surface area (Å²) in [5, 5.41) is 13.1. The van der Waals surface area contributed by atoms with Crippen molar-refractivity contribution in [3.05, 3.63) is 0 Å². The summed E-state index contributed by atoms with van der Waals surface area (Å²) >= 11 is 2.44. The van der Waals surface area contributed by atoms with Crippen LogP contribution in [0.2, 0.25) is 0 Å². The highest BCUT2D eigenvalue weighted by molar-refractivity contribution is 8.01. The van der Waals surface area contributed by atoms with E-state index in [1.54, 1.807) is 0 Å². The van der Waals surface area contributed by atoms with Crippen LogP contribution in [0.1, 0.15) is 32.6 Å². The second-order valence-corrected chi connectivity index (χ2v) is 8.58. The first kappa shape index (κ1) is 16.5. The standard InChI is InChI=1S/C14H21N5O2S2/c1-7(10-5-8-2-3-9(10)4-8)16-13(21)17-11(20)6-22-14-19-18-12(15)23-14/h7-10H,2-6H2,1H3,(H2,15,18)(H2,16,17,20,21)/t7-,8-,9-,10+/m0/s1. The van der Waals surface area contributed by atoms with Crippen LogP contribution in [0.3, 0.4) is 0 Å². The molecule has 0 aliphatic heterocycles. The van der Waals surface area contributed by atoms with Crippen molar-refractivity contribution in [1.82, 2.24) is 20.8 Å². The lowest BCUT2D eigenvalue weighted by Gasteiger charge is -2.28. The molecule has 0 unspecified atom stereocenters. The molecule has 0 radical (unpaired) electrons. The van der Waals surface area contributed by atoms with Crippen LogP contribution in [0, 0.1) is 17.8 Å². The normalized spacial score (nSPS) is 26.9. The minimum atomic E-state index is -0.414. The summed E-state index contributed by atoms with van der Waals surface area (Å²) in [7, 11) is 0. The van der Waals surface area contributed by atoms with Crippen molar-refractivity contribution in [2.75, 3.05) is 11.5 Å². The quantitative estimate of drug-likeness (QED) is 0.696. The van der Waals surface area contributed by atoms with Crippen LogP contribution in [-0.2, 0) is 4.79 Å². The zero-order chi connectivity index (χ0) is 16.4. The number of carbonyl (C=O) groups excluding carboxylic acids is 2. The summed E-state index contributed by atoms with van der Waals surface area (Å²) < 4.78 is 0.619. The molecule has 1 aromatic heterocycles. The van der Waals surface area contributed by atoms with E-state index in [2.05, 4.69) is 20.8 Å².